The average molecular weight is 111 g/mol. The molecule has 1 radical (unpaired) electrons. The van der Waals surface area contributed by atoms with Crippen molar-refractivity contribution < 1.29 is 0 Å². The first-order chi connectivity index (χ1) is 3.97. The van der Waals surface area contributed by atoms with Gasteiger partial charge < -0.3 is 10.6 Å². The predicted molar refractivity (Wildman–Crippen MR) is 32.3 cm³/mol. The Morgan fingerprint density at radius 1 is 1.38 bits per heavy atom. The molecule has 0 aliphatic carbocycles. The smallest absolute Gasteiger partial charge is 0.0547 e. The van der Waals surface area contributed by atoms with Gasteiger partial charge in [0.05, 0.1) is 6.04 Å². The van der Waals surface area contributed by atoms with Crippen LogP contribution in [0, 0.1) is 6.04 Å². The zero-order valence-corrected chi connectivity index (χ0v) is 4.91. The Hall–Kier alpha value is -0.0800. The van der Waals surface area contributed by atoms with Crippen LogP contribution in [0.5, 0.6) is 0 Å². The Bertz CT molecular complexity index is 72.5. The maximum Gasteiger partial charge on any atom is 0.0547 e. The Morgan fingerprint density at radius 2 is 2.38 bits per heavy atom. The predicted octanol–water partition coefficient (Wildman–Crippen LogP) is -0.126. The van der Waals surface area contributed by atoms with Crippen molar-refractivity contribution in [3.8, 4) is 0 Å². The Balaban J connectivity index is 2.04. The number of hydrogen-bond donors (Lipinski definition) is 2. The average Bonchev–Trinajstić information content (AvgIpc) is 2.15. The second kappa shape index (κ2) is 1.71. The van der Waals surface area contributed by atoms with Gasteiger partial charge >= 0.3 is 0 Å². The summed E-state index contributed by atoms with van der Waals surface area (Å²) in [5, 5.41) is 6.79. The van der Waals surface area contributed by atoms with Crippen LogP contribution in [0.3, 0.4) is 0 Å². The summed E-state index contributed by atoms with van der Waals surface area (Å²) in [7, 11) is 0. The minimum atomic E-state index is 0.731. The molecule has 2 nitrogen and oxygen atoms in total. The summed E-state index contributed by atoms with van der Waals surface area (Å²) in [6.07, 6.45) is 2.56. The Kier molecular flexibility index (Phi) is 1.02. The van der Waals surface area contributed by atoms with Crippen molar-refractivity contribution in [2.45, 2.75) is 18.9 Å². The van der Waals surface area contributed by atoms with Gasteiger partial charge in [0.15, 0.2) is 0 Å². The summed E-state index contributed by atoms with van der Waals surface area (Å²) < 4.78 is 0. The SMILES string of the molecule is C1CC2NCC[C]2N1. The minimum Gasteiger partial charge on any atom is -0.312 e. The fourth-order valence-corrected chi connectivity index (χ4v) is 1.54. The lowest BCUT2D eigenvalue weighted by Gasteiger charge is -2.04. The van der Waals surface area contributed by atoms with E-state index in [9.17, 15) is 0 Å². The molecule has 2 heteroatoms. The van der Waals surface area contributed by atoms with E-state index >= 15 is 0 Å². The van der Waals surface area contributed by atoms with Gasteiger partial charge in [-0.05, 0) is 25.9 Å². The first-order valence-electron chi connectivity index (χ1n) is 3.30. The quantitative estimate of drug-likeness (QED) is 0.455. The van der Waals surface area contributed by atoms with Gasteiger partial charge in [-0.2, -0.15) is 0 Å². The molecule has 0 saturated carbocycles. The Labute approximate surface area is 49.7 Å². The van der Waals surface area contributed by atoms with Gasteiger partial charge in [0, 0.05) is 6.04 Å². The van der Waals surface area contributed by atoms with Gasteiger partial charge in [-0.15, -0.1) is 0 Å². The molecule has 2 N–H and O–H groups in total. The molecule has 2 rings (SSSR count). The molecule has 0 spiro atoms. The van der Waals surface area contributed by atoms with Crippen LogP contribution in [-0.4, -0.2) is 19.1 Å². The van der Waals surface area contributed by atoms with Crippen molar-refractivity contribution in [3.05, 3.63) is 6.04 Å². The summed E-state index contributed by atoms with van der Waals surface area (Å²) in [6.45, 7) is 2.38. The van der Waals surface area contributed by atoms with Gasteiger partial charge in [-0.25, -0.2) is 0 Å². The van der Waals surface area contributed by atoms with Crippen LogP contribution in [0.1, 0.15) is 12.8 Å². The van der Waals surface area contributed by atoms with Crippen molar-refractivity contribution in [2.75, 3.05) is 13.1 Å². The van der Waals surface area contributed by atoms with Crippen LogP contribution in [0.25, 0.3) is 0 Å². The first kappa shape index (κ1) is 4.77. The van der Waals surface area contributed by atoms with E-state index < -0.39 is 0 Å². The van der Waals surface area contributed by atoms with Gasteiger partial charge in [0.2, 0.25) is 0 Å². The third-order valence-electron chi connectivity index (χ3n) is 1.99. The van der Waals surface area contributed by atoms with Gasteiger partial charge in [0.1, 0.15) is 0 Å². The second-order valence-corrected chi connectivity index (χ2v) is 2.50. The van der Waals surface area contributed by atoms with Gasteiger partial charge in [0.25, 0.3) is 0 Å². The fraction of sp³-hybridized carbons (Fsp3) is 0.833. The van der Waals surface area contributed by atoms with E-state index in [2.05, 4.69) is 10.6 Å². The maximum atomic E-state index is 3.42. The monoisotopic (exact) mass is 111 g/mol. The highest BCUT2D eigenvalue weighted by molar-refractivity contribution is 5.09. The molecule has 0 amide bonds. The van der Waals surface area contributed by atoms with Crippen molar-refractivity contribution in [3.63, 3.8) is 0 Å². The molecule has 1 unspecified atom stereocenters. The molecule has 0 aromatic heterocycles. The highest BCUT2D eigenvalue weighted by Crippen LogP contribution is 2.21. The summed E-state index contributed by atoms with van der Waals surface area (Å²) in [6, 6.07) is 2.28. The van der Waals surface area contributed by atoms with Crippen molar-refractivity contribution >= 4 is 0 Å². The molecule has 0 aromatic rings. The molecule has 0 bridgehead atoms. The van der Waals surface area contributed by atoms with Crippen LogP contribution in [-0.2, 0) is 0 Å². The molecule has 2 aliphatic heterocycles. The topological polar surface area (TPSA) is 24.1 Å². The van der Waals surface area contributed by atoms with E-state index in [-0.39, 0.29) is 0 Å². The Morgan fingerprint density at radius 3 is 3.25 bits per heavy atom. The molecule has 2 saturated heterocycles. The second-order valence-electron chi connectivity index (χ2n) is 2.50. The number of rotatable bonds is 0. The van der Waals surface area contributed by atoms with E-state index in [1.165, 1.54) is 25.9 Å². The maximum absolute atomic E-state index is 3.42. The molecule has 1 atom stereocenters. The van der Waals surface area contributed by atoms with Gasteiger partial charge in [-0.1, -0.05) is 0 Å². The number of fused-ring (bicyclic) bond motifs is 1. The highest BCUT2D eigenvalue weighted by Gasteiger charge is 2.30. The van der Waals surface area contributed by atoms with Crippen molar-refractivity contribution in [1.82, 2.24) is 10.6 Å². The lowest BCUT2D eigenvalue weighted by Crippen LogP contribution is -2.23. The van der Waals surface area contributed by atoms with Crippen LogP contribution in [0.4, 0.5) is 0 Å². The van der Waals surface area contributed by atoms with Crippen LogP contribution >= 0.6 is 0 Å². The largest absolute Gasteiger partial charge is 0.312 e. The lowest BCUT2D eigenvalue weighted by molar-refractivity contribution is 0.654. The molecular weight excluding hydrogens is 100 g/mol. The number of nitrogens with one attached hydrogen (secondary N) is 2. The zero-order valence-electron chi connectivity index (χ0n) is 4.91. The third kappa shape index (κ3) is 0.565. The summed E-state index contributed by atoms with van der Waals surface area (Å²) in [5.41, 5.74) is 0. The fourth-order valence-electron chi connectivity index (χ4n) is 1.54. The van der Waals surface area contributed by atoms with Crippen molar-refractivity contribution in [2.24, 2.45) is 0 Å². The molecule has 45 valence electrons. The molecule has 2 aliphatic rings. The van der Waals surface area contributed by atoms with Crippen molar-refractivity contribution in [1.29, 1.82) is 0 Å². The molecule has 8 heavy (non-hydrogen) atoms. The summed E-state index contributed by atoms with van der Waals surface area (Å²) >= 11 is 0. The normalized spacial score (nSPS) is 38.2. The molecular formula is C6H11N2. The van der Waals surface area contributed by atoms with Crippen LogP contribution in [0.15, 0.2) is 0 Å². The molecule has 2 fully saturated rings. The third-order valence-corrected chi connectivity index (χ3v) is 1.99. The van der Waals surface area contributed by atoms with E-state index in [0.29, 0.717) is 0 Å². The van der Waals surface area contributed by atoms with E-state index in [0.717, 1.165) is 6.04 Å². The van der Waals surface area contributed by atoms with Crippen LogP contribution in [0.2, 0.25) is 0 Å². The minimum absolute atomic E-state index is 0.731. The standard InChI is InChI=1S/C6H11N2/c1-3-7-6-2-4-8-5(1)6/h5,7-8H,1-4H2. The van der Waals surface area contributed by atoms with E-state index in [1.807, 2.05) is 0 Å². The number of hydrogen-bond acceptors (Lipinski definition) is 2. The lowest BCUT2D eigenvalue weighted by atomic mass is 10.1. The van der Waals surface area contributed by atoms with Crippen LogP contribution < -0.4 is 10.6 Å². The molecule has 0 aromatic carbocycles. The highest BCUT2D eigenvalue weighted by atomic mass is 15.1. The van der Waals surface area contributed by atoms with E-state index in [4.69, 9.17) is 0 Å². The summed E-state index contributed by atoms with van der Waals surface area (Å²) in [4.78, 5) is 0. The van der Waals surface area contributed by atoms with Gasteiger partial charge in [-0.3, -0.25) is 0 Å². The first-order valence-corrected chi connectivity index (χ1v) is 3.30. The summed E-state index contributed by atoms with van der Waals surface area (Å²) in [5.74, 6) is 0. The molecule has 2 heterocycles. The van der Waals surface area contributed by atoms with E-state index in [1.54, 1.807) is 6.04 Å². The zero-order chi connectivity index (χ0) is 5.40.